The summed E-state index contributed by atoms with van der Waals surface area (Å²) in [6, 6.07) is 4.91. The van der Waals surface area contributed by atoms with Crippen molar-refractivity contribution >= 4 is 10.9 Å². The van der Waals surface area contributed by atoms with Crippen LogP contribution in [0, 0.1) is 5.82 Å². The van der Waals surface area contributed by atoms with Crippen LogP contribution in [0.2, 0.25) is 0 Å². The summed E-state index contributed by atoms with van der Waals surface area (Å²) in [7, 11) is 0. The summed E-state index contributed by atoms with van der Waals surface area (Å²) >= 11 is 0. The number of H-pyrrole nitrogens is 1. The van der Waals surface area contributed by atoms with Gasteiger partial charge in [0, 0.05) is 17.1 Å². The van der Waals surface area contributed by atoms with Crippen LogP contribution in [0.5, 0.6) is 0 Å². The normalized spacial score (nSPS) is 10.9. The molecular weight excluding hydrogens is 167 g/mol. The molecule has 2 aromatic rings. The third kappa shape index (κ3) is 1.42. The van der Waals surface area contributed by atoms with E-state index < -0.39 is 0 Å². The summed E-state index contributed by atoms with van der Waals surface area (Å²) in [5, 5.41) is 0.906. The number of halogens is 1. The first-order chi connectivity index (χ1) is 6.31. The van der Waals surface area contributed by atoms with Gasteiger partial charge in [-0.2, -0.15) is 0 Å². The number of fused-ring (bicyclic) bond motifs is 1. The number of benzene rings is 1. The van der Waals surface area contributed by atoms with Gasteiger partial charge in [-0.05, 0) is 36.7 Å². The van der Waals surface area contributed by atoms with Crippen molar-refractivity contribution in [1.29, 1.82) is 0 Å². The van der Waals surface area contributed by atoms with Gasteiger partial charge >= 0.3 is 0 Å². The highest BCUT2D eigenvalue weighted by molar-refractivity contribution is 5.82. The van der Waals surface area contributed by atoms with Gasteiger partial charge in [0.1, 0.15) is 5.82 Å². The molecule has 0 saturated heterocycles. The second-order valence-corrected chi connectivity index (χ2v) is 3.05. The van der Waals surface area contributed by atoms with E-state index in [0.717, 1.165) is 16.5 Å². The van der Waals surface area contributed by atoms with E-state index in [1.54, 1.807) is 0 Å². The van der Waals surface area contributed by atoms with Gasteiger partial charge in [0.25, 0.3) is 0 Å². The van der Waals surface area contributed by atoms with Crippen molar-refractivity contribution in [3.63, 3.8) is 0 Å². The van der Waals surface area contributed by atoms with Crippen molar-refractivity contribution in [3.05, 3.63) is 35.8 Å². The van der Waals surface area contributed by atoms with Gasteiger partial charge in [-0.1, -0.05) is 0 Å². The Morgan fingerprint density at radius 2 is 2.23 bits per heavy atom. The van der Waals surface area contributed by atoms with Crippen LogP contribution < -0.4 is 5.73 Å². The SMILES string of the molecule is NCCc1cc(F)cc2cc[nH]c12. The monoisotopic (exact) mass is 178 g/mol. The van der Waals surface area contributed by atoms with Gasteiger partial charge in [0.2, 0.25) is 0 Å². The lowest BCUT2D eigenvalue weighted by molar-refractivity contribution is 0.627. The van der Waals surface area contributed by atoms with Crippen LogP contribution >= 0.6 is 0 Å². The molecule has 0 amide bonds. The second kappa shape index (κ2) is 3.18. The van der Waals surface area contributed by atoms with Gasteiger partial charge < -0.3 is 10.7 Å². The van der Waals surface area contributed by atoms with E-state index in [-0.39, 0.29) is 5.82 Å². The Bertz CT molecular complexity index is 420. The van der Waals surface area contributed by atoms with E-state index in [1.165, 1.54) is 12.1 Å². The van der Waals surface area contributed by atoms with Crippen molar-refractivity contribution in [2.45, 2.75) is 6.42 Å². The fourth-order valence-corrected chi connectivity index (χ4v) is 1.56. The van der Waals surface area contributed by atoms with Crippen molar-refractivity contribution in [1.82, 2.24) is 4.98 Å². The fourth-order valence-electron chi connectivity index (χ4n) is 1.56. The highest BCUT2D eigenvalue weighted by atomic mass is 19.1. The Kier molecular flexibility index (Phi) is 2.02. The molecule has 0 fully saturated rings. The molecule has 3 heteroatoms. The molecule has 0 radical (unpaired) electrons. The maximum Gasteiger partial charge on any atom is 0.124 e. The van der Waals surface area contributed by atoms with E-state index in [0.29, 0.717) is 13.0 Å². The molecular formula is C10H11FN2. The molecule has 0 aliphatic rings. The Labute approximate surface area is 75.6 Å². The number of nitrogens with two attached hydrogens (primary N) is 1. The summed E-state index contributed by atoms with van der Waals surface area (Å²) in [5.41, 5.74) is 7.37. The summed E-state index contributed by atoms with van der Waals surface area (Å²) in [6.07, 6.45) is 2.51. The molecule has 68 valence electrons. The van der Waals surface area contributed by atoms with E-state index in [9.17, 15) is 4.39 Å². The van der Waals surface area contributed by atoms with Crippen LogP contribution in [0.15, 0.2) is 24.4 Å². The largest absolute Gasteiger partial charge is 0.361 e. The molecule has 0 unspecified atom stereocenters. The zero-order valence-electron chi connectivity index (χ0n) is 7.18. The molecule has 3 N–H and O–H groups in total. The number of hydrogen-bond acceptors (Lipinski definition) is 1. The van der Waals surface area contributed by atoms with Crippen LogP contribution in [-0.2, 0) is 6.42 Å². The Hall–Kier alpha value is -1.35. The Morgan fingerprint density at radius 1 is 1.38 bits per heavy atom. The fraction of sp³-hybridized carbons (Fsp3) is 0.200. The zero-order valence-corrected chi connectivity index (χ0v) is 7.18. The summed E-state index contributed by atoms with van der Waals surface area (Å²) in [5.74, 6) is -0.199. The minimum Gasteiger partial charge on any atom is -0.361 e. The second-order valence-electron chi connectivity index (χ2n) is 3.05. The molecule has 1 aromatic carbocycles. The molecule has 2 rings (SSSR count). The molecule has 0 aliphatic heterocycles. The quantitative estimate of drug-likeness (QED) is 0.723. The van der Waals surface area contributed by atoms with Gasteiger partial charge in [-0.15, -0.1) is 0 Å². The van der Waals surface area contributed by atoms with E-state index in [4.69, 9.17) is 5.73 Å². The third-order valence-corrected chi connectivity index (χ3v) is 2.12. The molecule has 1 heterocycles. The average molecular weight is 178 g/mol. The lowest BCUT2D eigenvalue weighted by atomic mass is 10.1. The van der Waals surface area contributed by atoms with Crippen molar-refractivity contribution < 1.29 is 4.39 Å². The number of nitrogens with one attached hydrogen (secondary N) is 1. The predicted molar refractivity (Wildman–Crippen MR) is 51.0 cm³/mol. The zero-order chi connectivity index (χ0) is 9.26. The first-order valence-electron chi connectivity index (χ1n) is 4.27. The first kappa shape index (κ1) is 8.26. The molecule has 1 aromatic heterocycles. The highest BCUT2D eigenvalue weighted by Crippen LogP contribution is 2.19. The van der Waals surface area contributed by atoms with Gasteiger partial charge in [0.15, 0.2) is 0 Å². The molecule has 0 bridgehead atoms. The predicted octanol–water partition coefficient (Wildman–Crippen LogP) is 1.81. The van der Waals surface area contributed by atoms with Crippen LogP contribution in [0.25, 0.3) is 10.9 Å². The molecule has 0 aliphatic carbocycles. The molecule has 0 atom stereocenters. The van der Waals surface area contributed by atoms with E-state index in [2.05, 4.69) is 4.98 Å². The molecule has 2 nitrogen and oxygen atoms in total. The summed E-state index contributed by atoms with van der Waals surface area (Å²) in [4.78, 5) is 3.08. The minimum atomic E-state index is -0.199. The number of rotatable bonds is 2. The summed E-state index contributed by atoms with van der Waals surface area (Å²) in [6.45, 7) is 0.539. The maximum atomic E-state index is 13.0. The van der Waals surface area contributed by atoms with Crippen LogP contribution in [0.1, 0.15) is 5.56 Å². The highest BCUT2D eigenvalue weighted by Gasteiger charge is 2.03. The molecule has 13 heavy (non-hydrogen) atoms. The smallest absolute Gasteiger partial charge is 0.124 e. The topological polar surface area (TPSA) is 41.8 Å². The van der Waals surface area contributed by atoms with E-state index in [1.807, 2.05) is 12.3 Å². The maximum absolute atomic E-state index is 13.0. The van der Waals surface area contributed by atoms with Crippen molar-refractivity contribution in [3.8, 4) is 0 Å². The first-order valence-corrected chi connectivity index (χ1v) is 4.27. The van der Waals surface area contributed by atoms with E-state index >= 15 is 0 Å². The molecule has 0 spiro atoms. The van der Waals surface area contributed by atoms with Crippen LogP contribution in [0.3, 0.4) is 0 Å². The number of hydrogen-bond donors (Lipinski definition) is 2. The number of aromatic nitrogens is 1. The van der Waals surface area contributed by atoms with Gasteiger partial charge in [0.05, 0.1) is 0 Å². The van der Waals surface area contributed by atoms with Crippen molar-refractivity contribution in [2.24, 2.45) is 5.73 Å². The Balaban J connectivity index is 2.63. The summed E-state index contributed by atoms with van der Waals surface area (Å²) < 4.78 is 13.0. The van der Waals surface area contributed by atoms with Crippen LogP contribution in [-0.4, -0.2) is 11.5 Å². The Morgan fingerprint density at radius 3 is 3.00 bits per heavy atom. The lowest BCUT2D eigenvalue weighted by Crippen LogP contribution is -2.03. The van der Waals surface area contributed by atoms with Gasteiger partial charge in [-0.3, -0.25) is 0 Å². The molecule has 0 saturated carbocycles. The number of aromatic amines is 1. The third-order valence-electron chi connectivity index (χ3n) is 2.12. The average Bonchev–Trinajstić information content (AvgIpc) is 2.52. The lowest BCUT2D eigenvalue weighted by Gasteiger charge is -2.01. The minimum absolute atomic E-state index is 0.199. The standard InChI is InChI=1S/C10H11FN2/c11-9-5-7(1-3-12)10-8(6-9)2-4-13-10/h2,4-6,13H,1,3,12H2. The van der Waals surface area contributed by atoms with Gasteiger partial charge in [-0.25, -0.2) is 4.39 Å². The van der Waals surface area contributed by atoms with Crippen molar-refractivity contribution in [2.75, 3.05) is 6.54 Å². The van der Waals surface area contributed by atoms with Crippen LogP contribution in [0.4, 0.5) is 4.39 Å².